The number of anilines is 2. The second-order valence-corrected chi connectivity index (χ2v) is 10.7. The molecule has 1 aliphatic rings. The molecule has 0 saturated heterocycles. The lowest BCUT2D eigenvalue weighted by molar-refractivity contribution is -0.152. The van der Waals surface area contributed by atoms with Gasteiger partial charge in [-0.15, -0.1) is 0 Å². The first-order chi connectivity index (χ1) is 18.6. The Bertz CT molecular complexity index is 1400. The van der Waals surface area contributed by atoms with Gasteiger partial charge in [0, 0.05) is 33.9 Å². The molecule has 4 rings (SSSR count). The van der Waals surface area contributed by atoms with Gasteiger partial charge in [0.2, 0.25) is 0 Å². The molecule has 3 aromatic carbocycles. The highest BCUT2D eigenvalue weighted by atomic mass is 35.5. The molecule has 1 aliphatic heterocycles. The standard InChI is InChI=1S/C31H34ClN3O4/c1-18(2)28(33)31(38)39-27-10-7-15-35(26-14-11-21(32)17-25(26)27)30(37)24-13-12-22(16-20(24)4)34-29(36)23-9-6-5-8-19(23)3/h5-6,8-9,11-14,16-18,27-28H,7,10,15,33H2,1-4H3,(H,34,36)/t27?,28-/m1/s1. The molecule has 3 N–H and O–H groups in total. The number of esters is 1. The molecular weight excluding hydrogens is 514 g/mol. The predicted octanol–water partition coefficient (Wildman–Crippen LogP) is 6.22. The van der Waals surface area contributed by atoms with Crippen LogP contribution in [0.25, 0.3) is 0 Å². The third-order valence-corrected chi connectivity index (χ3v) is 7.31. The molecule has 0 fully saturated rings. The summed E-state index contributed by atoms with van der Waals surface area (Å²) in [7, 11) is 0. The van der Waals surface area contributed by atoms with Gasteiger partial charge in [-0.1, -0.05) is 43.6 Å². The summed E-state index contributed by atoms with van der Waals surface area (Å²) in [5.41, 5.74) is 10.7. The van der Waals surface area contributed by atoms with E-state index in [1.165, 1.54) is 0 Å². The average molecular weight is 548 g/mol. The van der Waals surface area contributed by atoms with Crippen LogP contribution in [-0.2, 0) is 9.53 Å². The minimum atomic E-state index is -0.735. The van der Waals surface area contributed by atoms with Gasteiger partial charge in [-0.3, -0.25) is 14.4 Å². The van der Waals surface area contributed by atoms with Crippen LogP contribution in [-0.4, -0.2) is 30.4 Å². The maximum absolute atomic E-state index is 13.8. The number of rotatable bonds is 6. The van der Waals surface area contributed by atoms with Crippen LogP contribution in [0.5, 0.6) is 0 Å². The van der Waals surface area contributed by atoms with Gasteiger partial charge in [0.25, 0.3) is 11.8 Å². The number of benzene rings is 3. The van der Waals surface area contributed by atoms with Crippen LogP contribution in [0.4, 0.5) is 11.4 Å². The van der Waals surface area contributed by atoms with Gasteiger partial charge in [0.05, 0.1) is 5.69 Å². The first-order valence-electron chi connectivity index (χ1n) is 13.1. The fraction of sp³-hybridized carbons (Fsp3) is 0.323. The minimum Gasteiger partial charge on any atom is -0.456 e. The van der Waals surface area contributed by atoms with Crippen molar-refractivity contribution in [3.63, 3.8) is 0 Å². The summed E-state index contributed by atoms with van der Waals surface area (Å²) in [5.74, 6) is -0.922. The zero-order valence-corrected chi connectivity index (χ0v) is 23.4. The molecular formula is C31H34ClN3O4. The number of fused-ring (bicyclic) bond motifs is 1. The number of ether oxygens (including phenoxy) is 1. The van der Waals surface area contributed by atoms with E-state index in [1.54, 1.807) is 47.4 Å². The van der Waals surface area contributed by atoms with Crippen molar-refractivity contribution in [3.05, 3.63) is 93.5 Å². The van der Waals surface area contributed by atoms with Crippen molar-refractivity contribution in [1.82, 2.24) is 0 Å². The summed E-state index contributed by atoms with van der Waals surface area (Å²) < 4.78 is 5.83. The number of hydrogen-bond donors (Lipinski definition) is 2. The first-order valence-corrected chi connectivity index (χ1v) is 13.5. The molecule has 204 valence electrons. The average Bonchev–Trinajstić information content (AvgIpc) is 3.07. The molecule has 0 bridgehead atoms. The maximum Gasteiger partial charge on any atom is 0.323 e. The SMILES string of the molecule is Cc1ccccc1C(=O)Nc1ccc(C(=O)N2CCCC(OC(=O)[C@H](N)C(C)C)c3cc(Cl)ccc32)c(C)c1. The maximum atomic E-state index is 13.8. The Kier molecular flexibility index (Phi) is 8.73. The Morgan fingerprint density at radius 3 is 2.44 bits per heavy atom. The second-order valence-electron chi connectivity index (χ2n) is 10.3. The van der Waals surface area contributed by atoms with E-state index in [2.05, 4.69) is 5.32 Å². The Morgan fingerprint density at radius 1 is 1.00 bits per heavy atom. The summed E-state index contributed by atoms with van der Waals surface area (Å²) in [4.78, 5) is 41.0. The molecule has 0 aromatic heterocycles. The molecule has 1 heterocycles. The third-order valence-electron chi connectivity index (χ3n) is 7.07. The van der Waals surface area contributed by atoms with E-state index in [-0.39, 0.29) is 17.7 Å². The van der Waals surface area contributed by atoms with Crippen LogP contribution >= 0.6 is 11.6 Å². The highest BCUT2D eigenvalue weighted by molar-refractivity contribution is 6.30. The van der Waals surface area contributed by atoms with Crippen molar-refractivity contribution in [2.45, 2.75) is 52.7 Å². The summed E-state index contributed by atoms with van der Waals surface area (Å²) in [6.45, 7) is 7.91. The summed E-state index contributed by atoms with van der Waals surface area (Å²) in [6.07, 6.45) is 0.599. The van der Waals surface area contributed by atoms with Crippen molar-refractivity contribution in [2.75, 3.05) is 16.8 Å². The molecule has 0 spiro atoms. The molecule has 7 nitrogen and oxygen atoms in total. The Hall–Kier alpha value is -3.68. The van der Waals surface area contributed by atoms with Crippen LogP contribution in [0.2, 0.25) is 5.02 Å². The highest BCUT2D eigenvalue weighted by Gasteiger charge is 2.31. The minimum absolute atomic E-state index is 0.0624. The van der Waals surface area contributed by atoms with E-state index < -0.39 is 18.1 Å². The molecule has 2 atom stereocenters. The number of nitrogens with two attached hydrogens (primary N) is 1. The first kappa shape index (κ1) is 28.3. The number of amides is 2. The van der Waals surface area contributed by atoms with Gasteiger partial charge in [0.15, 0.2) is 0 Å². The quantitative estimate of drug-likeness (QED) is 0.357. The highest BCUT2D eigenvalue weighted by Crippen LogP contribution is 2.38. The molecule has 0 aliphatic carbocycles. The zero-order valence-electron chi connectivity index (χ0n) is 22.7. The largest absolute Gasteiger partial charge is 0.456 e. The molecule has 0 saturated carbocycles. The van der Waals surface area contributed by atoms with E-state index >= 15 is 0 Å². The summed E-state index contributed by atoms with van der Waals surface area (Å²) >= 11 is 6.32. The van der Waals surface area contributed by atoms with Crippen LogP contribution in [0.15, 0.2) is 60.7 Å². The van der Waals surface area contributed by atoms with Crippen molar-refractivity contribution >= 4 is 40.8 Å². The van der Waals surface area contributed by atoms with Crippen LogP contribution in [0.3, 0.4) is 0 Å². The van der Waals surface area contributed by atoms with Crippen LogP contribution in [0.1, 0.15) is 70.2 Å². The Labute approximate surface area is 234 Å². The van der Waals surface area contributed by atoms with Gasteiger partial charge in [0.1, 0.15) is 12.1 Å². The van der Waals surface area contributed by atoms with E-state index in [4.69, 9.17) is 22.1 Å². The number of carbonyl (C=O) groups excluding carboxylic acids is 3. The van der Waals surface area contributed by atoms with Crippen molar-refractivity contribution in [1.29, 1.82) is 0 Å². The third kappa shape index (κ3) is 6.32. The van der Waals surface area contributed by atoms with Crippen LogP contribution in [0, 0.1) is 19.8 Å². The number of aryl methyl sites for hydroxylation is 2. The predicted molar refractivity (Wildman–Crippen MR) is 154 cm³/mol. The fourth-order valence-electron chi connectivity index (χ4n) is 4.72. The molecule has 3 aromatic rings. The van der Waals surface area contributed by atoms with E-state index in [1.807, 2.05) is 45.9 Å². The number of nitrogens with one attached hydrogen (secondary N) is 1. The number of halogens is 1. The molecule has 1 unspecified atom stereocenters. The van der Waals surface area contributed by atoms with Gasteiger partial charge < -0.3 is 20.7 Å². The molecule has 8 heteroatoms. The summed E-state index contributed by atoms with van der Waals surface area (Å²) in [5, 5.41) is 3.41. The monoisotopic (exact) mass is 547 g/mol. The molecule has 0 radical (unpaired) electrons. The van der Waals surface area contributed by atoms with Crippen molar-refractivity contribution in [3.8, 4) is 0 Å². The van der Waals surface area contributed by atoms with Gasteiger partial charge in [-0.25, -0.2) is 0 Å². The summed E-state index contributed by atoms with van der Waals surface area (Å²) in [6, 6.07) is 17.2. The lowest BCUT2D eigenvalue weighted by atomic mass is 10.0. The molecule has 2 amide bonds. The smallest absolute Gasteiger partial charge is 0.323 e. The van der Waals surface area contributed by atoms with Crippen LogP contribution < -0.4 is 16.0 Å². The lowest BCUT2D eigenvalue weighted by Gasteiger charge is -2.26. The van der Waals surface area contributed by atoms with E-state index in [9.17, 15) is 14.4 Å². The van der Waals surface area contributed by atoms with E-state index in [0.29, 0.717) is 52.5 Å². The number of hydrogen-bond acceptors (Lipinski definition) is 5. The second kappa shape index (κ2) is 12.0. The zero-order chi connectivity index (χ0) is 28.3. The van der Waals surface area contributed by atoms with Gasteiger partial charge >= 0.3 is 5.97 Å². The number of carbonyl (C=O) groups is 3. The van der Waals surface area contributed by atoms with Crippen molar-refractivity contribution in [2.24, 2.45) is 11.7 Å². The number of nitrogens with zero attached hydrogens (tertiary/aromatic N) is 1. The Morgan fingerprint density at radius 2 is 1.74 bits per heavy atom. The van der Waals surface area contributed by atoms with Crippen molar-refractivity contribution < 1.29 is 19.1 Å². The lowest BCUT2D eigenvalue weighted by Crippen LogP contribution is -2.37. The fourth-order valence-corrected chi connectivity index (χ4v) is 4.90. The Balaban J connectivity index is 1.59. The van der Waals surface area contributed by atoms with Gasteiger partial charge in [-0.05, 0) is 86.2 Å². The van der Waals surface area contributed by atoms with Gasteiger partial charge in [-0.2, -0.15) is 0 Å². The normalized spacial score (nSPS) is 15.8. The molecule has 39 heavy (non-hydrogen) atoms. The van der Waals surface area contributed by atoms with E-state index in [0.717, 1.165) is 11.1 Å². The topological polar surface area (TPSA) is 102 Å².